The van der Waals surface area contributed by atoms with E-state index < -0.39 is 0 Å². The van der Waals surface area contributed by atoms with E-state index >= 15 is 0 Å². The van der Waals surface area contributed by atoms with Crippen LogP contribution in [-0.4, -0.2) is 0 Å². The van der Waals surface area contributed by atoms with Crippen molar-refractivity contribution in [2.45, 2.75) is 117 Å². The number of allylic oxidation sites excluding steroid dienone is 4. The zero-order valence-electron chi connectivity index (χ0n) is 18.9. The van der Waals surface area contributed by atoms with E-state index in [1.807, 2.05) is 0 Å². The topological polar surface area (TPSA) is 0 Å². The zero-order chi connectivity index (χ0) is 19.9. The average molecular weight is 383 g/mol. The van der Waals surface area contributed by atoms with Crippen LogP contribution in [0.4, 0.5) is 0 Å². The molecule has 158 valence electrons. The number of hydrogen-bond donors (Lipinski definition) is 0. The number of rotatable bonds is 10. The Morgan fingerprint density at radius 2 is 1.04 bits per heavy atom. The Bertz CT molecular complexity index is 484. The molecule has 0 heteroatoms. The van der Waals surface area contributed by atoms with E-state index in [0.29, 0.717) is 0 Å². The molecule has 0 heterocycles. The Balaban J connectivity index is 1.55. The standard InChI is InChI=1S/C28H46/c1-3-5-7-10-14-26-21-23-28(24-22-26)16-12-9-8-11-15-27-19-17-25(18-20-27)13-6-4-2/h11-12,15-16,25-28H,3-7,10,13-14,17-24H2,1-2H3. The van der Waals surface area contributed by atoms with E-state index in [2.05, 4.69) is 50.0 Å². The molecule has 0 saturated heterocycles. The van der Waals surface area contributed by atoms with E-state index in [9.17, 15) is 0 Å². The Morgan fingerprint density at radius 1 is 0.571 bits per heavy atom. The van der Waals surface area contributed by atoms with Gasteiger partial charge in [-0.1, -0.05) is 89.2 Å². The van der Waals surface area contributed by atoms with Gasteiger partial charge in [0, 0.05) is 0 Å². The van der Waals surface area contributed by atoms with E-state index in [0.717, 1.165) is 23.7 Å². The average Bonchev–Trinajstić information content (AvgIpc) is 2.74. The van der Waals surface area contributed by atoms with Gasteiger partial charge < -0.3 is 0 Å². The first kappa shape index (κ1) is 23.3. The minimum absolute atomic E-state index is 0.781. The first-order valence-electron chi connectivity index (χ1n) is 12.7. The van der Waals surface area contributed by atoms with Crippen LogP contribution in [0.15, 0.2) is 24.3 Å². The number of hydrogen-bond acceptors (Lipinski definition) is 0. The molecule has 0 unspecified atom stereocenters. The Hall–Kier alpha value is -0.960. The monoisotopic (exact) mass is 382 g/mol. The van der Waals surface area contributed by atoms with Crippen molar-refractivity contribution in [3.05, 3.63) is 24.3 Å². The van der Waals surface area contributed by atoms with Crippen LogP contribution in [0.1, 0.15) is 117 Å². The summed E-state index contributed by atoms with van der Waals surface area (Å²) in [4.78, 5) is 0. The van der Waals surface area contributed by atoms with Gasteiger partial charge in [0.2, 0.25) is 0 Å². The van der Waals surface area contributed by atoms with Crippen LogP contribution in [0, 0.1) is 35.5 Å². The first-order chi connectivity index (χ1) is 13.8. The lowest BCUT2D eigenvalue weighted by molar-refractivity contribution is 0.289. The lowest BCUT2D eigenvalue weighted by Gasteiger charge is -2.26. The van der Waals surface area contributed by atoms with Gasteiger partial charge in [-0.2, -0.15) is 0 Å². The SMILES string of the molecule is CCCCCCC1CCC(C=CC#CC=CC2CCC(CCCC)CC2)CC1. The highest BCUT2D eigenvalue weighted by molar-refractivity contribution is 5.24. The van der Waals surface area contributed by atoms with Crippen molar-refractivity contribution >= 4 is 0 Å². The van der Waals surface area contributed by atoms with Crippen molar-refractivity contribution in [3.63, 3.8) is 0 Å². The second-order valence-corrected chi connectivity index (χ2v) is 9.56. The van der Waals surface area contributed by atoms with Gasteiger partial charge in [0.25, 0.3) is 0 Å². The summed E-state index contributed by atoms with van der Waals surface area (Å²) < 4.78 is 0. The molecule has 2 saturated carbocycles. The molecule has 0 aromatic heterocycles. The molecule has 0 aromatic rings. The van der Waals surface area contributed by atoms with Crippen molar-refractivity contribution in [2.75, 3.05) is 0 Å². The predicted molar refractivity (Wildman–Crippen MR) is 125 cm³/mol. The molecule has 0 amide bonds. The molecule has 0 bridgehead atoms. The van der Waals surface area contributed by atoms with E-state index in [1.54, 1.807) is 0 Å². The maximum absolute atomic E-state index is 3.25. The molecule has 2 rings (SSSR count). The van der Waals surface area contributed by atoms with E-state index in [1.165, 1.54) is 103 Å². The molecule has 0 aromatic carbocycles. The molecular formula is C28H46. The molecule has 0 spiro atoms. The quantitative estimate of drug-likeness (QED) is 0.261. The third-order valence-electron chi connectivity index (χ3n) is 7.20. The fourth-order valence-electron chi connectivity index (χ4n) is 5.16. The molecule has 28 heavy (non-hydrogen) atoms. The fraction of sp³-hybridized carbons (Fsp3) is 0.786. The van der Waals surface area contributed by atoms with Gasteiger partial charge in [-0.3, -0.25) is 0 Å². The van der Waals surface area contributed by atoms with Crippen molar-refractivity contribution in [1.82, 2.24) is 0 Å². The van der Waals surface area contributed by atoms with Crippen LogP contribution in [0.3, 0.4) is 0 Å². The fourth-order valence-corrected chi connectivity index (χ4v) is 5.16. The molecule has 0 radical (unpaired) electrons. The Labute approximate surface area is 176 Å². The first-order valence-corrected chi connectivity index (χ1v) is 12.7. The normalized spacial score (nSPS) is 28.5. The minimum atomic E-state index is 0.781. The Morgan fingerprint density at radius 3 is 1.50 bits per heavy atom. The van der Waals surface area contributed by atoms with Gasteiger partial charge in [0.05, 0.1) is 0 Å². The summed E-state index contributed by atoms with van der Waals surface area (Å²) in [5.74, 6) is 10.1. The third-order valence-corrected chi connectivity index (χ3v) is 7.20. The summed E-state index contributed by atoms with van der Waals surface area (Å²) in [5.41, 5.74) is 0. The molecule has 2 aliphatic carbocycles. The molecule has 2 fully saturated rings. The zero-order valence-corrected chi connectivity index (χ0v) is 18.9. The van der Waals surface area contributed by atoms with Gasteiger partial charge >= 0.3 is 0 Å². The minimum Gasteiger partial charge on any atom is -0.0730 e. The highest BCUT2D eigenvalue weighted by Crippen LogP contribution is 2.33. The maximum atomic E-state index is 3.25. The van der Waals surface area contributed by atoms with E-state index in [4.69, 9.17) is 0 Å². The second kappa shape index (κ2) is 15.0. The second-order valence-electron chi connectivity index (χ2n) is 9.56. The van der Waals surface area contributed by atoms with Gasteiger partial charge in [-0.15, -0.1) is 0 Å². The molecule has 2 aliphatic rings. The number of unbranched alkanes of at least 4 members (excludes halogenated alkanes) is 4. The van der Waals surface area contributed by atoms with Crippen LogP contribution < -0.4 is 0 Å². The van der Waals surface area contributed by atoms with E-state index in [-0.39, 0.29) is 0 Å². The molecule has 0 aliphatic heterocycles. The summed E-state index contributed by atoms with van der Waals surface area (Å²) in [6, 6.07) is 0. The van der Waals surface area contributed by atoms with Crippen LogP contribution in [0.2, 0.25) is 0 Å². The molecule has 0 nitrogen and oxygen atoms in total. The van der Waals surface area contributed by atoms with Crippen molar-refractivity contribution in [1.29, 1.82) is 0 Å². The lowest BCUT2D eigenvalue weighted by atomic mass is 9.79. The van der Waals surface area contributed by atoms with Crippen LogP contribution in [0.5, 0.6) is 0 Å². The summed E-state index contributed by atoms with van der Waals surface area (Å²) in [6.45, 7) is 4.61. The maximum Gasteiger partial charge on any atom is -0.0153 e. The highest BCUT2D eigenvalue weighted by Gasteiger charge is 2.19. The van der Waals surface area contributed by atoms with Gasteiger partial charge in [0.15, 0.2) is 0 Å². The Kier molecular flexibility index (Phi) is 12.5. The summed E-state index contributed by atoms with van der Waals surface area (Å²) in [7, 11) is 0. The smallest absolute Gasteiger partial charge is 0.0153 e. The lowest BCUT2D eigenvalue weighted by Crippen LogP contribution is -2.13. The highest BCUT2D eigenvalue weighted by atomic mass is 14.2. The molecule has 0 atom stereocenters. The van der Waals surface area contributed by atoms with Crippen molar-refractivity contribution < 1.29 is 0 Å². The molecule has 0 N–H and O–H groups in total. The van der Waals surface area contributed by atoms with Gasteiger partial charge in [-0.05, 0) is 87.2 Å². The summed E-state index contributed by atoms with van der Waals surface area (Å²) in [5, 5.41) is 0. The third kappa shape index (κ3) is 10.0. The van der Waals surface area contributed by atoms with Crippen LogP contribution in [-0.2, 0) is 0 Å². The summed E-state index contributed by atoms with van der Waals surface area (Å²) in [6.07, 6.45) is 31.7. The van der Waals surface area contributed by atoms with Gasteiger partial charge in [-0.25, -0.2) is 0 Å². The van der Waals surface area contributed by atoms with Crippen LogP contribution >= 0.6 is 0 Å². The van der Waals surface area contributed by atoms with Crippen molar-refractivity contribution in [3.8, 4) is 11.8 Å². The van der Waals surface area contributed by atoms with Crippen molar-refractivity contribution in [2.24, 2.45) is 23.7 Å². The van der Waals surface area contributed by atoms with Gasteiger partial charge in [0.1, 0.15) is 0 Å². The summed E-state index contributed by atoms with van der Waals surface area (Å²) >= 11 is 0. The largest absolute Gasteiger partial charge is 0.0730 e. The van der Waals surface area contributed by atoms with Crippen LogP contribution in [0.25, 0.3) is 0 Å². The predicted octanol–water partition coefficient (Wildman–Crippen LogP) is 8.88. The molecular weight excluding hydrogens is 336 g/mol.